The van der Waals surface area contributed by atoms with Crippen LogP contribution in [-0.2, 0) is 19.1 Å². The van der Waals surface area contributed by atoms with Crippen molar-refractivity contribution in [1.29, 1.82) is 0 Å². The lowest BCUT2D eigenvalue weighted by atomic mass is 10.2. The van der Waals surface area contributed by atoms with Gasteiger partial charge in [-0.25, -0.2) is 9.59 Å². The number of carbonyl (C=O) groups excluding carboxylic acids is 2. The average Bonchev–Trinajstić information content (AvgIpc) is 2.18. The van der Waals surface area contributed by atoms with Gasteiger partial charge in [-0.2, -0.15) is 0 Å². The molecule has 4 nitrogen and oxygen atoms in total. The van der Waals surface area contributed by atoms with Crippen molar-refractivity contribution in [2.45, 2.75) is 13.8 Å². The maximum absolute atomic E-state index is 11.4. The summed E-state index contributed by atoms with van der Waals surface area (Å²) in [6, 6.07) is 0. The van der Waals surface area contributed by atoms with Gasteiger partial charge in [0.2, 0.25) is 0 Å². The predicted octanol–water partition coefficient (Wildman–Crippen LogP) is 2.36. The first kappa shape index (κ1) is 15.0. The summed E-state index contributed by atoms with van der Waals surface area (Å²) in [6.45, 7) is 3.58. The number of hydrogen-bond acceptors (Lipinski definition) is 4. The van der Waals surface area contributed by atoms with Gasteiger partial charge in [0.15, 0.2) is 0 Å². The number of hydrogen-bond donors (Lipinski definition) is 0. The Morgan fingerprint density at radius 1 is 1.00 bits per heavy atom. The molecule has 0 aromatic rings. The zero-order chi connectivity index (χ0) is 12.6. The molecular weight excluding hydrogens is 255 g/mol. The van der Waals surface area contributed by atoms with E-state index in [1.54, 1.807) is 13.8 Å². The van der Waals surface area contributed by atoms with Gasteiger partial charge < -0.3 is 9.47 Å². The molecule has 0 aliphatic rings. The van der Waals surface area contributed by atoms with Crippen LogP contribution >= 0.6 is 23.2 Å². The lowest BCUT2D eigenvalue weighted by Gasteiger charge is -2.05. The van der Waals surface area contributed by atoms with E-state index < -0.39 is 11.9 Å². The Morgan fingerprint density at radius 3 is 1.75 bits per heavy atom. The van der Waals surface area contributed by atoms with Crippen LogP contribution in [0.4, 0.5) is 0 Å². The third kappa shape index (κ3) is 5.78. The van der Waals surface area contributed by atoms with Crippen molar-refractivity contribution in [2.75, 3.05) is 13.2 Å². The second-order valence-electron chi connectivity index (χ2n) is 2.48. The van der Waals surface area contributed by atoms with Crippen LogP contribution in [0.1, 0.15) is 13.8 Å². The van der Waals surface area contributed by atoms with E-state index in [1.807, 2.05) is 0 Å². The maximum atomic E-state index is 11.4. The van der Waals surface area contributed by atoms with Crippen molar-refractivity contribution in [2.24, 2.45) is 0 Å². The maximum Gasteiger partial charge on any atom is 0.345 e. The quantitative estimate of drug-likeness (QED) is 0.252. The summed E-state index contributed by atoms with van der Waals surface area (Å²) in [7, 11) is 0. The Balaban J connectivity index is 4.90. The highest BCUT2D eigenvalue weighted by molar-refractivity contribution is 6.56. The zero-order valence-electron chi connectivity index (χ0n) is 8.96. The molecule has 0 amide bonds. The number of rotatable bonds is 5. The van der Waals surface area contributed by atoms with E-state index in [1.165, 1.54) is 6.08 Å². The van der Waals surface area contributed by atoms with E-state index in [0.29, 0.717) is 0 Å². The highest BCUT2D eigenvalue weighted by Gasteiger charge is 2.19. The highest BCUT2D eigenvalue weighted by atomic mass is 35.5. The van der Waals surface area contributed by atoms with E-state index in [9.17, 15) is 9.59 Å². The monoisotopic (exact) mass is 266 g/mol. The molecule has 0 aromatic carbocycles. The summed E-state index contributed by atoms with van der Waals surface area (Å²) in [5.74, 6) is -1.54. The minimum absolute atomic E-state index is 0.0777. The Kier molecular flexibility index (Phi) is 7.68. The smallest absolute Gasteiger partial charge is 0.345 e. The highest BCUT2D eigenvalue weighted by Crippen LogP contribution is 2.09. The Labute approximate surface area is 104 Å². The van der Waals surface area contributed by atoms with Crippen molar-refractivity contribution >= 4 is 35.1 Å². The second-order valence-corrected chi connectivity index (χ2v) is 3.49. The van der Waals surface area contributed by atoms with Gasteiger partial charge in [0.1, 0.15) is 10.1 Å². The van der Waals surface area contributed by atoms with Crippen LogP contribution in [0.15, 0.2) is 22.2 Å². The molecular formula is C10H12Cl2O4. The largest absolute Gasteiger partial charge is 0.462 e. The average molecular weight is 267 g/mol. The first-order chi connectivity index (χ1) is 7.52. The molecule has 0 radical (unpaired) electrons. The first-order valence-electron chi connectivity index (χ1n) is 4.60. The summed E-state index contributed by atoms with van der Waals surface area (Å²) < 4.78 is 9.28. The van der Waals surface area contributed by atoms with Gasteiger partial charge in [0.05, 0.1) is 13.2 Å². The van der Waals surface area contributed by atoms with E-state index in [4.69, 9.17) is 23.2 Å². The van der Waals surface area contributed by atoms with E-state index in [2.05, 4.69) is 9.47 Å². The zero-order valence-corrected chi connectivity index (χ0v) is 10.5. The lowest BCUT2D eigenvalue weighted by Crippen LogP contribution is -2.18. The van der Waals surface area contributed by atoms with Gasteiger partial charge in [-0.15, -0.1) is 0 Å². The van der Waals surface area contributed by atoms with Gasteiger partial charge >= 0.3 is 11.9 Å². The fourth-order valence-electron chi connectivity index (χ4n) is 0.783. The fraction of sp³-hybridized carbons (Fsp3) is 0.400. The van der Waals surface area contributed by atoms with Crippen LogP contribution in [0.2, 0.25) is 0 Å². The molecule has 0 fully saturated rings. The molecule has 0 heterocycles. The summed E-state index contributed by atoms with van der Waals surface area (Å²) >= 11 is 10.7. The van der Waals surface area contributed by atoms with Crippen molar-refractivity contribution in [3.63, 3.8) is 0 Å². The Bertz CT molecular complexity index is 297. The van der Waals surface area contributed by atoms with Gasteiger partial charge in [-0.3, -0.25) is 0 Å². The summed E-state index contributed by atoms with van der Waals surface area (Å²) in [4.78, 5) is 22.7. The molecule has 0 saturated carbocycles. The van der Waals surface area contributed by atoms with E-state index >= 15 is 0 Å². The normalized spacial score (nSPS) is 9.00. The summed E-state index contributed by atoms with van der Waals surface area (Å²) in [5.41, 5.74) is -0.248. The van der Waals surface area contributed by atoms with Gasteiger partial charge in [0.25, 0.3) is 0 Å². The molecule has 0 aliphatic heterocycles. The minimum atomic E-state index is -0.771. The number of allylic oxidation sites excluding steroid dienone is 2. The number of esters is 2. The predicted molar refractivity (Wildman–Crippen MR) is 61.1 cm³/mol. The molecule has 0 spiro atoms. The van der Waals surface area contributed by atoms with Crippen LogP contribution in [0.5, 0.6) is 0 Å². The molecule has 0 rings (SSSR count). The van der Waals surface area contributed by atoms with Crippen molar-refractivity contribution in [3.05, 3.63) is 22.2 Å². The minimum Gasteiger partial charge on any atom is -0.462 e. The van der Waals surface area contributed by atoms with Gasteiger partial charge in [-0.1, -0.05) is 23.2 Å². The lowest BCUT2D eigenvalue weighted by molar-refractivity contribution is -0.146. The second kappa shape index (κ2) is 8.19. The third-order valence-electron chi connectivity index (χ3n) is 1.37. The van der Waals surface area contributed by atoms with Gasteiger partial charge in [-0.05, 0) is 26.0 Å². The van der Waals surface area contributed by atoms with E-state index in [-0.39, 0.29) is 23.3 Å². The molecule has 0 atom stereocenters. The number of carbonyl (C=O) groups is 2. The van der Waals surface area contributed by atoms with Crippen LogP contribution in [0.3, 0.4) is 0 Å². The van der Waals surface area contributed by atoms with Crippen molar-refractivity contribution in [3.8, 4) is 0 Å². The SMILES string of the molecule is CCOC(=O)C(=CC=C(Cl)Cl)C(=O)OCC. The number of halogens is 2. The van der Waals surface area contributed by atoms with Crippen LogP contribution in [0.25, 0.3) is 0 Å². The molecule has 90 valence electrons. The standard InChI is InChI=1S/C10H12Cl2O4/c1-3-15-9(13)7(5-6-8(11)12)10(14)16-4-2/h5-6H,3-4H2,1-2H3. The molecule has 0 saturated heterocycles. The van der Waals surface area contributed by atoms with Crippen LogP contribution in [-0.4, -0.2) is 25.2 Å². The van der Waals surface area contributed by atoms with E-state index in [0.717, 1.165) is 6.08 Å². The van der Waals surface area contributed by atoms with Crippen molar-refractivity contribution < 1.29 is 19.1 Å². The Morgan fingerprint density at radius 2 is 1.44 bits per heavy atom. The molecule has 0 N–H and O–H groups in total. The summed E-state index contributed by atoms with van der Waals surface area (Å²) in [5, 5.41) is 0. The molecule has 0 bridgehead atoms. The van der Waals surface area contributed by atoms with Crippen LogP contribution < -0.4 is 0 Å². The Hall–Kier alpha value is -1.00. The number of ether oxygens (including phenoxy) is 2. The van der Waals surface area contributed by atoms with Crippen LogP contribution in [0, 0.1) is 0 Å². The van der Waals surface area contributed by atoms with Gasteiger partial charge in [0, 0.05) is 0 Å². The van der Waals surface area contributed by atoms with Crippen molar-refractivity contribution in [1.82, 2.24) is 0 Å². The topological polar surface area (TPSA) is 52.6 Å². The molecule has 0 aliphatic carbocycles. The summed E-state index contributed by atoms with van der Waals surface area (Å²) in [6.07, 6.45) is 2.36. The first-order valence-corrected chi connectivity index (χ1v) is 5.35. The fourth-order valence-corrected chi connectivity index (χ4v) is 0.909. The molecule has 6 heteroatoms. The molecule has 16 heavy (non-hydrogen) atoms. The molecule has 0 unspecified atom stereocenters. The molecule has 0 aromatic heterocycles. The third-order valence-corrected chi connectivity index (χ3v) is 1.62.